The van der Waals surface area contributed by atoms with Crippen LogP contribution >= 0.6 is 11.6 Å². The zero-order chi connectivity index (χ0) is 15.3. The normalized spacial score (nSPS) is 12.2. The summed E-state index contributed by atoms with van der Waals surface area (Å²) in [5.41, 5.74) is 1.65. The Morgan fingerprint density at radius 1 is 1.40 bits per heavy atom. The van der Waals surface area contributed by atoms with Crippen molar-refractivity contribution >= 4 is 29.3 Å². The lowest BCUT2D eigenvalue weighted by Gasteiger charge is -2.02. The third-order valence-corrected chi connectivity index (χ3v) is 2.87. The molecule has 0 atom stereocenters. The molecule has 0 N–H and O–H groups in total. The summed E-state index contributed by atoms with van der Waals surface area (Å²) in [4.78, 5) is 21.5. The van der Waals surface area contributed by atoms with Crippen molar-refractivity contribution in [2.24, 2.45) is 0 Å². The molecule has 0 saturated carbocycles. The van der Waals surface area contributed by atoms with Crippen molar-refractivity contribution in [3.8, 4) is 0 Å². The highest BCUT2D eigenvalue weighted by Gasteiger charge is 2.08. The average molecular weight is 296 g/mol. The van der Waals surface area contributed by atoms with E-state index in [-0.39, 0.29) is 5.69 Å². The van der Waals surface area contributed by atoms with Crippen molar-refractivity contribution in [2.75, 3.05) is 7.11 Å². The predicted octanol–water partition coefficient (Wildman–Crippen LogP) is 3.77. The van der Waals surface area contributed by atoms with Crippen LogP contribution in [0.5, 0.6) is 0 Å². The fourth-order valence-electron chi connectivity index (χ4n) is 1.60. The molecule has 0 radical (unpaired) electrons. The number of non-ortho nitro benzene ring substituents is 1. The predicted molar refractivity (Wildman–Crippen MR) is 77.5 cm³/mol. The van der Waals surface area contributed by atoms with Gasteiger partial charge in [0.1, 0.15) is 0 Å². The van der Waals surface area contributed by atoms with E-state index in [1.165, 1.54) is 25.3 Å². The molecule has 0 fully saturated rings. The molecule has 20 heavy (non-hydrogen) atoms. The van der Waals surface area contributed by atoms with E-state index in [4.69, 9.17) is 11.6 Å². The summed E-state index contributed by atoms with van der Waals surface area (Å²) in [6, 6.07) is 4.19. The van der Waals surface area contributed by atoms with Gasteiger partial charge in [0.25, 0.3) is 5.69 Å². The van der Waals surface area contributed by atoms with Crippen molar-refractivity contribution in [1.82, 2.24) is 0 Å². The Labute approximate surface area is 121 Å². The van der Waals surface area contributed by atoms with Gasteiger partial charge in [0, 0.05) is 28.3 Å². The van der Waals surface area contributed by atoms with Crippen LogP contribution < -0.4 is 0 Å². The summed E-state index contributed by atoms with van der Waals surface area (Å²) in [5, 5.41) is 11.1. The van der Waals surface area contributed by atoms with Gasteiger partial charge in [-0.3, -0.25) is 10.1 Å². The van der Waals surface area contributed by atoms with E-state index in [1.54, 1.807) is 26.0 Å². The number of nitrogens with zero attached hydrogens (tertiary/aromatic N) is 1. The Morgan fingerprint density at radius 3 is 2.60 bits per heavy atom. The molecule has 1 aromatic carbocycles. The van der Waals surface area contributed by atoms with Crippen LogP contribution in [0, 0.1) is 10.1 Å². The lowest BCUT2D eigenvalue weighted by Crippen LogP contribution is -2.01. The molecule has 5 nitrogen and oxygen atoms in total. The molecule has 6 heteroatoms. The van der Waals surface area contributed by atoms with Crippen LogP contribution in [0.1, 0.15) is 19.4 Å². The Morgan fingerprint density at radius 2 is 2.05 bits per heavy atom. The van der Waals surface area contributed by atoms with Gasteiger partial charge in [-0.05, 0) is 31.6 Å². The van der Waals surface area contributed by atoms with E-state index < -0.39 is 10.9 Å². The maximum atomic E-state index is 11.3. The van der Waals surface area contributed by atoms with Crippen LogP contribution in [0.2, 0.25) is 5.02 Å². The average Bonchev–Trinajstić information content (AvgIpc) is 2.39. The van der Waals surface area contributed by atoms with Gasteiger partial charge in [0.05, 0.1) is 12.0 Å². The number of rotatable bonds is 4. The number of nitro groups is 1. The molecule has 0 aliphatic rings. The Hall–Kier alpha value is -2.14. The number of carbonyl (C=O) groups is 1. The fraction of sp³-hybridized carbons (Fsp3) is 0.214. The Kier molecular flexibility index (Phi) is 5.46. The van der Waals surface area contributed by atoms with Crippen LogP contribution in [0.15, 0.2) is 35.4 Å². The Balaban J connectivity index is 3.13. The molecule has 0 aromatic heterocycles. The third kappa shape index (κ3) is 4.20. The van der Waals surface area contributed by atoms with E-state index in [9.17, 15) is 14.9 Å². The van der Waals surface area contributed by atoms with Crippen LogP contribution in [-0.2, 0) is 9.53 Å². The summed E-state index contributed by atoms with van der Waals surface area (Å²) in [5.74, 6) is -0.428. The highest BCUT2D eigenvalue weighted by Crippen LogP contribution is 2.24. The number of ether oxygens (including phenoxy) is 1. The number of benzene rings is 1. The molecule has 0 spiro atoms. The van der Waals surface area contributed by atoms with Gasteiger partial charge in [0.15, 0.2) is 0 Å². The van der Waals surface area contributed by atoms with Gasteiger partial charge in [-0.15, -0.1) is 0 Å². The molecule has 0 aliphatic heterocycles. The molecule has 0 amide bonds. The van der Waals surface area contributed by atoms with E-state index in [1.807, 2.05) is 0 Å². The largest absolute Gasteiger partial charge is 0.466 e. The summed E-state index contributed by atoms with van der Waals surface area (Å²) >= 11 is 5.99. The number of hydrogen-bond acceptors (Lipinski definition) is 4. The molecule has 0 aliphatic carbocycles. The number of hydrogen-bond donors (Lipinski definition) is 0. The first-order valence-corrected chi connectivity index (χ1v) is 6.11. The molecule has 106 valence electrons. The maximum absolute atomic E-state index is 11.3. The minimum absolute atomic E-state index is 0.0397. The van der Waals surface area contributed by atoms with Gasteiger partial charge in [-0.1, -0.05) is 17.7 Å². The van der Waals surface area contributed by atoms with Crippen molar-refractivity contribution in [1.29, 1.82) is 0 Å². The lowest BCUT2D eigenvalue weighted by molar-refractivity contribution is -0.384. The quantitative estimate of drug-likeness (QED) is 0.279. The molecule has 0 unspecified atom stereocenters. The van der Waals surface area contributed by atoms with Crippen LogP contribution in [0.3, 0.4) is 0 Å². The van der Waals surface area contributed by atoms with Gasteiger partial charge in [-0.2, -0.15) is 0 Å². The molecular formula is C14H14ClNO4. The van der Waals surface area contributed by atoms with Crippen molar-refractivity contribution in [2.45, 2.75) is 13.8 Å². The van der Waals surface area contributed by atoms with E-state index in [2.05, 4.69) is 4.74 Å². The van der Waals surface area contributed by atoms with Crippen LogP contribution in [0.4, 0.5) is 5.69 Å². The molecule has 1 aromatic rings. The van der Waals surface area contributed by atoms with Gasteiger partial charge >= 0.3 is 5.97 Å². The van der Waals surface area contributed by atoms with Crippen molar-refractivity contribution < 1.29 is 14.5 Å². The van der Waals surface area contributed by atoms with E-state index in [0.717, 1.165) is 5.57 Å². The highest BCUT2D eigenvalue weighted by atomic mass is 35.5. The minimum atomic E-state index is -0.488. The van der Waals surface area contributed by atoms with Crippen molar-refractivity contribution in [3.05, 3.63) is 56.1 Å². The molecule has 0 heterocycles. The molecule has 0 bridgehead atoms. The SMILES string of the molecule is COC(=O)C(C)=CC(C)=Cc1cc([N+](=O)[O-])ccc1Cl. The second-order valence-corrected chi connectivity index (χ2v) is 4.58. The monoisotopic (exact) mass is 295 g/mol. The van der Waals surface area contributed by atoms with E-state index in [0.29, 0.717) is 16.2 Å². The summed E-state index contributed by atoms with van der Waals surface area (Å²) < 4.78 is 4.59. The van der Waals surface area contributed by atoms with Crippen molar-refractivity contribution in [3.63, 3.8) is 0 Å². The third-order valence-electron chi connectivity index (χ3n) is 2.53. The Bertz CT molecular complexity index is 605. The highest BCUT2D eigenvalue weighted by molar-refractivity contribution is 6.32. The molecular weight excluding hydrogens is 282 g/mol. The zero-order valence-corrected chi connectivity index (χ0v) is 12.1. The number of halogens is 1. The van der Waals surface area contributed by atoms with Gasteiger partial charge in [-0.25, -0.2) is 4.79 Å². The van der Waals surface area contributed by atoms with E-state index >= 15 is 0 Å². The summed E-state index contributed by atoms with van der Waals surface area (Å²) in [7, 11) is 1.30. The minimum Gasteiger partial charge on any atom is -0.466 e. The molecule has 1 rings (SSSR count). The topological polar surface area (TPSA) is 69.4 Å². The van der Waals surface area contributed by atoms with Gasteiger partial charge in [0.2, 0.25) is 0 Å². The number of nitro benzene ring substituents is 1. The van der Waals surface area contributed by atoms with Crippen LogP contribution in [-0.4, -0.2) is 18.0 Å². The lowest BCUT2D eigenvalue weighted by atomic mass is 10.1. The maximum Gasteiger partial charge on any atom is 0.333 e. The van der Waals surface area contributed by atoms with Crippen LogP contribution in [0.25, 0.3) is 6.08 Å². The second-order valence-electron chi connectivity index (χ2n) is 4.17. The second kappa shape index (κ2) is 6.86. The zero-order valence-electron chi connectivity index (χ0n) is 11.3. The first-order valence-electron chi connectivity index (χ1n) is 5.74. The number of esters is 1. The standard InChI is InChI=1S/C14H14ClNO4/c1-9(6-10(2)14(17)20-3)7-11-8-12(16(18)19)4-5-13(11)15/h4-8H,1-3H3. The summed E-state index contributed by atoms with van der Waals surface area (Å²) in [6.07, 6.45) is 3.29. The van der Waals surface area contributed by atoms with Gasteiger partial charge < -0.3 is 4.74 Å². The summed E-state index contributed by atoms with van der Waals surface area (Å²) in [6.45, 7) is 3.39. The first kappa shape index (κ1) is 15.9. The fourth-order valence-corrected chi connectivity index (χ4v) is 1.78. The number of carbonyl (C=O) groups excluding carboxylic acids is 1. The molecule has 0 saturated heterocycles. The first-order chi connectivity index (χ1) is 9.35. The number of methoxy groups -OCH3 is 1. The smallest absolute Gasteiger partial charge is 0.333 e. The number of allylic oxidation sites excluding steroid dienone is 2.